The molecule has 1 aliphatic heterocycles. The molecule has 0 unspecified atom stereocenters. The predicted molar refractivity (Wildman–Crippen MR) is 106 cm³/mol. The summed E-state index contributed by atoms with van der Waals surface area (Å²) in [4.78, 5) is 18.8. The monoisotopic (exact) mass is 374 g/mol. The summed E-state index contributed by atoms with van der Waals surface area (Å²) in [6.07, 6.45) is 3.36. The van der Waals surface area contributed by atoms with Crippen LogP contribution in [0.15, 0.2) is 79.0 Å². The Kier molecular flexibility index (Phi) is 5.52. The zero-order valence-electron chi connectivity index (χ0n) is 15.5. The van der Waals surface area contributed by atoms with E-state index in [1.165, 1.54) is 0 Å². The Bertz CT molecular complexity index is 898. The number of carbonyl (C=O) groups is 1. The average molecular weight is 374 g/mol. The smallest absolute Gasteiger partial charge is 0.410 e. The number of rotatable bonds is 5. The molecule has 0 spiro atoms. The molecule has 0 aliphatic carbocycles. The van der Waals surface area contributed by atoms with Gasteiger partial charge in [-0.25, -0.2) is 9.78 Å². The van der Waals surface area contributed by atoms with Gasteiger partial charge in [0.15, 0.2) is 0 Å². The topological polar surface area (TPSA) is 51.7 Å². The van der Waals surface area contributed by atoms with E-state index >= 15 is 0 Å². The van der Waals surface area contributed by atoms with Crippen molar-refractivity contribution in [2.45, 2.75) is 25.5 Å². The number of amides is 1. The normalized spacial score (nSPS) is 16.0. The standard InChI is InChI=1S/C23H22N2O3/c26-23(27-17-18-8-3-1-4-9-18)25-15-7-12-21(25)19-13-14-22(24-16-19)28-20-10-5-2-6-11-20/h1-6,8-11,13-14,16,21H,7,12,15,17H2/t21-/m0/s1. The number of benzene rings is 2. The number of aromatic nitrogens is 1. The van der Waals surface area contributed by atoms with Crippen LogP contribution in [-0.2, 0) is 11.3 Å². The fraction of sp³-hybridized carbons (Fsp3) is 0.217. The fourth-order valence-corrected chi connectivity index (χ4v) is 3.39. The Balaban J connectivity index is 1.39. The van der Waals surface area contributed by atoms with Crippen molar-refractivity contribution in [1.29, 1.82) is 0 Å². The van der Waals surface area contributed by atoms with Crippen molar-refractivity contribution in [3.8, 4) is 11.6 Å². The zero-order chi connectivity index (χ0) is 19.2. The molecule has 0 bridgehead atoms. The van der Waals surface area contributed by atoms with Gasteiger partial charge in [-0.3, -0.25) is 0 Å². The van der Waals surface area contributed by atoms with Gasteiger partial charge in [-0.15, -0.1) is 0 Å². The Morgan fingerprint density at radius 3 is 2.46 bits per heavy atom. The van der Waals surface area contributed by atoms with Crippen molar-refractivity contribution < 1.29 is 14.3 Å². The lowest BCUT2D eigenvalue weighted by molar-refractivity contribution is 0.0920. The largest absolute Gasteiger partial charge is 0.445 e. The molecule has 1 aromatic heterocycles. The Morgan fingerprint density at radius 1 is 1.00 bits per heavy atom. The van der Waals surface area contributed by atoms with Gasteiger partial charge in [-0.1, -0.05) is 54.6 Å². The SMILES string of the molecule is O=C(OCc1ccccc1)N1CCC[C@H]1c1ccc(Oc2ccccc2)nc1. The molecule has 28 heavy (non-hydrogen) atoms. The molecule has 5 nitrogen and oxygen atoms in total. The predicted octanol–water partition coefficient (Wildman–Crippen LogP) is 5.35. The lowest BCUT2D eigenvalue weighted by Gasteiger charge is -2.24. The van der Waals surface area contributed by atoms with Crippen LogP contribution < -0.4 is 4.74 Å². The van der Waals surface area contributed by atoms with Crippen LogP contribution in [0, 0.1) is 0 Å². The summed E-state index contributed by atoms with van der Waals surface area (Å²) in [6.45, 7) is 0.978. The third kappa shape index (κ3) is 4.31. The number of hydrogen-bond donors (Lipinski definition) is 0. The first kappa shape index (κ1) is 18.0. The van der Waals surface area contributed by atoms with Gasteiger partial charge in [-0.2, -0.15) is 0 Å². The van der Waals surface area contributed by atoms with Crippen molar-refractivity contribution in [2.75, 3.05) is 6.54 Å². The van der Waals surface area contributed by atoms with E-state index in [0.29, 0.717) is 12.4 Å². The van der Waals surface area contributed by atoms with Crippen molar-refractivity contribution in [1.82, 2.24) is 9.88 Å². The number of hydrogen-bond acceptors (Lipinski definition) is 4. The van der Waals surface area contributed by atoms with Crippen LogP contribution in [0.2, 0.25) is 0 Å². The molecule has 5 heteroatoms. The lowest BCUT2D eigenvalue weighted by atomic mass is 10.1. The minimum atomic E-state index is -0.282. The maximum atomic E-state index is 12.6. The molecule has 3 aromatic rings. The molecular formula is C23H22N2O3. The highest BCUT2D eigenvalue weighted by Crippen LogP contribution is 2.33. The minimum absolute atomic E-state index is 0.0125. The van der Waals surface area contributed by atoms with Crippen LogP contribution in [0.4, 0.5) is 4.79 Å². The first-order chi connectivity index (χ1) is 13.8. The van der Waals surface area contributed by atoms with Gasteiger partial charge < -0.3 is 14.4 Å². The maximum Gasteiger partial charge on any atom is 0.410 e. The molecule has 1 amide bonds. The van der Waals surface area contributed by atoms with Crippen LogP contribution in [0.5, 0.6) is 11.6 Å². The molecule has 1 atom stereocenters. The molecule has 1 saturated heterocycles. The highest BCUT2D eigenvalue weighted by atomic mass is 16.6. The quantitative estimate of drug-likeness (QED) is 0.604. The van der Waals surface area contributed by atoms with E-state index in [4.69, 9.17) is 9.47 Å². The maximum absolute atomic E-state index is 12.6. The molecule has 2 aromatic carbocycles. The summed E-state index contributed by atoms with van der Waals surface area (Å²) in [7, 11) is 0. The summed E-state index contributed by atoms with van der Waals surface area (Å²) < 4.78 is 11.2. The molecule has 4 rings (SSSR count). The van der Waals surface area contributed by atoms with Gasteiger partial charge >= 0.3 is 6.09 Å². The third-order valence-corrected chi connectivity index (χ3v) is 4.80. The number of nitrogens with zero attached hydrogens (tertiary/aromatic N) is 2. The molecule has 1 fully saturated rings. The first-order valence-corrected chi connectivity index (χ1v) is 9.46. The van der Waals surface area contributed by atoms with Gasteiger partial charge in [0.1, 0.15) is 12.4 Å². The minimum Gasteiger partial charge on any atom is -0.445 e. The van der Waals surface area contributed by atoms with E-state index in [2.05, 4.69) is 4.98 Å². The van der Waals surface area contributed by atoms with Crippen LogP contribution >= 0.6 is 0 Å². The van der Waals surface area contributed by atoms with Crippen molar-refractivity contribution in [2.24, 2.45) is 0 Å². The van der Waals surface area contributed by atoms with Crippen molar-refractivity contribution >= 4 is 6.09 Å². The summed E-state index contributed by atoms with van der Waals surface area (Å²) >= 11 is 0. The molecule has 1 aliphatic rings. The summed E-state index contributed by atoms with van der Waals surface area (Å²) in [5.74, 6) is 1.28. The summed E-state index contributed by atoms with van der Waals surface area (Å²) in [5.41, 5.74) is 1.98. The Hall–Kier alpha value is -3.34. The van der Waals surface area contributed by atoms with Crippen molar-refractivity contribution in [3.63, 3.8) is 0 Å². The van der Waals surface area contributed by atoms with E-state index in [-0.39, 0.29) is 18.7 Å². The number of para-hydroxylation sites is 1. The number of pyridine rings is 1. The number of ether oxygens (including phenoxy) is 2. The second-order valence-corrected chi connectivity index (χ2v) is 6.74. The third-order valence-electron chi connectivity index (χ3n) is 4.80. The second kappa shape index (κ2) is 8.57. The molecule has 0 saturated carbocycles. The van der Waals surface area contributed by atoms with Crippen LogP contribution in [0.3, 0.4) is 0 Å². The Labute approximate surface area is 164 Å². The van der Waals surface area contributed by atoms with Gasteiger partial charge in [0.05, 0.1) is 6.04 Å². The van der Waals surface area contributed by atoms with Crippen LogP contribution in [-0.4, -0.2) is 22.5 Å². The molecule has 0 radical (unpaired) electrons. The van der Waals surface area contributed by atoms with E-state index in [1.54, 1.807) is 11.1 Å². The molecule has 142 valence electrons. The zero-order valence-corrected chi connectivity index (χ0v) is 15.5. The van der Waals surface area contributed by atoms with E-state index in [1.807, 2.05) is 72.8 Å². The first-order valence-electron chi connectivity index (χ1n) is 9.46. The molecule has 2 heterocycles. The lowest BCUT2D eigenvalue weighted by Crippen LogP contribution is -2.31. The molecular weight excluding hydrogens is 352 g/mol. The van der Waals surface area contributed by atoms with Gasteiger partial charge in [0.2, 0.25) is 5.88 Å². The highest BCUT2D eigenvalue weighted by molar-refractivity contribution is 5.68. The van der Waals surface area contributed by atoms with Gasteiger partial charge in [0, 0.05) is 18.8 Å². The molecule has 0 N–H and O–H groups in total. The van der Waals surface area contributed by atoms with Crippen LogP contribution in [0.25, 0.3) is 0 Å². The van der Waals surface area contributed by atoms with Crippen LogP contribution in [0.1, 0.15) is 30.0 Å². The highest BCUT2D eigenvalue weighted by Gasteiger charge is 2.31. The summed E-state index contributed by atoms with van der Waals surface area (Å²) in [6, 6.07) is 23.1. The fourth-order valence-electron chi connectivity index (χ4n) is 3.39. The summed E-state index contributed by atoms with van der Waals surface area (Å²) in [5, 5.41) is 0. The second-order valence-electron chi connectivity index (χ2n) is 6.74. The van der Waals surface area contributed by atoms with Crippen molar-refractivity contribution in [3.05, 3.63) is 90.1 Å². The van der Waals surface area contributed by atoms with E-state index in [9.17, 15) is 4.79 Å². The van der Waals surface area contributed by atoms with Gasteiger partial charge in [0.25, 0.3) is 0 Å². The Morgan fingerprint density at radius 2 is 1.75 bits per heavy atom. The van der Waals surface area contributed by atoms with E-state index < -0.39 is 0 Å². The average Bonchev–Trinajstić information content (AvgIpc) is 3.24. The van der Waals surface area contributed by atoms with E-state index in [0.717, 1.165) is 29.7 Å². The van der Waals surface area contributed by atoms with Gasteiger partial charge in [-0.05, 0) is 36.1 Å². The number of likely N-dealkylation sites (tertiary alicyclic amines) is 1. The number of carbonyl (C=O) groups excluding carboxylic acids is 1.